The first-order chi connectivity index (χ1) is 8.20. The van der Waals surface area contributed by atoms with E-state index in [1.54, 1.807) is 18.9 Å². The molecule has 3 heteroatoms. The van der Waals surface area contributed by atoms with E-state index in [1.165, 1.54) is 4.90 Å². The van der Waals surface area contributed by atoms with Crippen molar-refractivity contribution < 1.29 is 4.74 Å². The maximum atomic E-state index is 5.89. The maximum absolute atomic E-state index is 5.89. The van der Waals surface area contributed by atoms with Crippen LogP contribution in [0.25, 0.3) is 0 Å². The standard InChI is InChI=1S/C14H15NOS/c1-10-13(15)7-4-8-14(10)17-12-6-3-5-11(9-12)16-2/h3-9H,15H2,1-2H3. The van der Waals surface area contributed by atoms with Crippen LogP contribution in [0.4, 0.5) is 5.69 Å². The first kappa shape index (κ1) is 11.9. The van der Waals surface area contributed by atoms with E-state index in [0.717, 1.165) is 21.9 Å². The lowest BCUT2D eigenvalue weighted by molar-refractivity contribution is 0.413. The van der Waals surface area contributed by atoms with Crippen molar-refractivity contribution in [3.63, 3.8) is 0 Å². The molecule has 2 rings (SSSR count). The van der Waals surface area contributed by atoms with E-state index in [2.05, 4.69) is 12.1 Å². The molecule has 0 radical (unpaired) electrons. The monoisotopic (exact) mass is 245 g/mol. The molecule has 0 aliphatic rings. The van der Waals surface area contributed by atoms with Gasteiger partial charge in [-0.15, -0.1) is 0 Å². The molecule has 2 aromatic carbocycles. The Hall–Kier alpha value is -1.61. The molecule has 0 bridgehead atoms. The zero-order valence-corrected chi connectivity index (χ0v) is 10.8. The van der Waals surface area contributed by atoms with Crippen LogP contribution in [-0.2, 0) is 0 Å². The van der Waals surface area contributed by atoms with Gasteiger partial charge in [0.15, 0.2) is 0 Å². The van der Waals surface area contributed by atoms with Gasteiger partial charge in [-0.05, 0) is 42.8 Å². The quantitative estimate of drug-likeness (QED) is 0.837. The molecule has 0 aliphatic carbocycles. The summed E-state index contributed by atoms with van der Waals surface area (Å²) in [4.78, 5) is 2.33. The normalized spacial score (nSPS) is 10.2. The predicted octanol–water partition coefficient (Wildman–Crippen LogP) is 3.74. The molecule has 0 saturated carbocycles. The van der Waals surface area contributed by atoms with Gasteiger partial charge in [0.1, 0.15) is 5.75 Å². The summed E-state index contributed by atoms with van der Waals surface area (Å²) in [6, 6.07) is 14.0. The van der Waals surface area contributed by atoms with Gasteiger partial charge in [-0.3, -0.25) is 0 Å². The smallest absolute Gasteiger partial charge is 0.119 e. The number of nitrogens with two attached hydrogens (primary N) is 1. The molecule has 0 aliphatic heterocycles. The molecule has 88 valence electrons. The molecule has 0 heterocycles. The highest BCUT2D eigenvalue weighted by Crippen LogP contribution is 2.33. The summed E-state index contributed by atoms with van der Waals surface area (Å²) in [7, 11) is 1.68. The number of hydrogen-bond donors (Lipinski definition) is 1. The van der Waals surface area contributed by atoms with Gasteiger partial charge in [-0.2, -0.15) is 0 Å². The zero-order chi connectivity index (χ0) is 12.3. The predicted molar refractivity (Wildman–Crippen MR) is 72.7 cm³/mol. The summed E-state index contributed by atoms with van der Waals surface area (Å²) in [5.74, 6) is 0.872. The van der Waals surface area contributed by atoms with Crippen LogP contribution in [0, 0.1) is 6.92 Å². The molecule has 0 atom stereocenters. The minimum Gasteiger partial charge on any atom is -0.497 e. The summed E-state index contributed by atoms with van der Waals surface area (Å²) in [6.07, 6.45) is 0. The Labute approximate surface area is 106 Å². The van der Waals surface area contributed by atoms with Crippen molar-refractivity contribution in [1.29, 1.82) is 0 Å². The highest BCUT2D eigenvalue weighted by molar-refractivity contribution is 7.99. The van der Waals surface area contributed by atoms with Crippen LogP contribution in [0.3, 0.4) is 0 Å². The summed E-state index contributed by atoms with van der Waals surface area (Å²) in [5, 5.41) is 0. The topological polar surface area (TPSA) is 35.2 Å². The van der Waals surface area contributed by atoms with Crippen molar-refractivity contribution in [2.75, 3.05) is 12.8 Å². The third-order valence-corrected chi connectivity index (χ3v) is 3.75. The second-order valence-electron chi connectivity index (χ2n) is 3.75. The van der Waals surface area contributed by atoms with Crippen molar-refractivity contribution >= 4 is 17.4 Å². The first-order valence-electron chi connectivity index (χ1n) is 5.37. The van der Waals surface area contributed by atoms with E-state index in [0.29, 0.717) is 0 Å². The second-order valence-corrected chi connectivity index (χ2v) is 4.87. The Morgan fingerprint density at radius 3 is 2.65 bits per heavy atom. The minimum absolute atomic E-state index is 0.831. The summed E-state index contributed by atoms with van der Waals surface area (Å²) < 4.78 is 5.21. The van der Waals surface area contributed by atoms with Crippen LogP contribution in [0.2, 0.25) is 0 Å². The number of methoxy groups -OCH3 is 1. The van der Waals surface area contributed by atoms with Crippen molar-refractivity contribution in [2.24, 2.45) is 0 Å². The molecule has 0 aromatic heterocycles. The average molecular weight is 245 g/mol. The molecule has 2 N–H and O–H groups in total. The van der Waals surface area contributed by atoms with Crippen LogP contribution in [0.15, 0.2) is 52.3 Å². The second kappa shape index (κ2) is 5.15. The number of benzene rings is 2. The SMILES string of the molecule is COc1cccc(Sc2cccc(N)c2C)c1. The molecular formula is C14H15NOS. The fraction of sp³-hybridized carbons (Fsp3) is 0.143. The Morgan fingerprint density at radius 2 is 1.88 bits per heavy atom. The van der Waals surface area contributed by atoms with Crippen LogP contribution in [0.5, 0.6) is 5.75 Å². The third kappa shape index (κ3) is 2.74. The van der Waals surface area contributed by atoms with E-state index in [1.807, 2.05) is 37.3 Å². The fourth-order valence-electron chi connectivity index (χ4n) is 1.53. The lowest BCUT2D eigenvalue weighted by Crippen LogP contribution is -1.90. The van der Waals surface area contributed by atoms with Crippen LogP contribution >= 0.6 is 11.8 Å². The van der Waals surface area contributed by atoms with Gasteiger partial charge in [-0.1, -0.05) is 23.9 Å². The van der Waals surface area contributed by atoms with E-state index in [4.69, 9.17) is 10.5 Å². The van der Waals surface area contributed by atoms with Gasteiger partial charge in [0, 0.05) is 15.5 Å². The highest BCUT2D eigenvalue weighted by atomic mass is 32.2. The number of anilines is 1. The highest BCUT2D eigenvalue weighted by Gasteiger charge is 2.04. The van der Waals surface area contributed by atoms with Gasteiger partial charge in [0.2, 0.25) is 0 Å². The molecule has 0 amide bonds. The van der Waals surface area contributed by atoms with Gasteiger partial charge in [-0.25, -0.2) is 0 Å². The number of rotatable bonds is 3. The summed E-state index contributed by atoms with van der Waals surface area (Å²) >= 11 is 1.70. The van der Waals surface area contributed by atoms with Gasteiger partial charge < -0.3 is 10.5 Å². The van der Waals surface area contributed by atoms with E-state index < -0.39 is 0 Å². The molecule has 2 aromatic rings. The van der Waals surface area contributed by atoms with Crippen molar-refractivity contribution in [3.8, 4) is 5.75 Å². The number of ether oxygens (including phenoxy) is 1. The Kier molecular flexibility index (Phi) is 3.59. The fourth-order valence-corrected chi connectivity index (χ4v) is 2.53. The van der Waals surface area contributed by atoms with Crippen molar-refractivity contribution in [2.45, 2.75) is 16.7 Å². The van der Waals surface area contributed by atoms with Crippen molar-refractivity contribution in [3.05, 3.63) is 48.0 Å². The first-order valence-corrected chi connectivity index (χ1v) is 6.19. The molecule has 0 unspecified atom stereocenters. The zero-order valence-electron chi connectivity index (χ0n) is 9.94. The summed E-state index contributed by atoms with van der Waals surface area (Å²) in [5.41, 5.74) is 7.85. The van der Waals surface area contributed by atoms with Crippen LogP contribution < -0.4 is 10.5 Å². The molecular weight excluding hydrogens is 230 g/mol. The minimum atomic E-state index is 0.831. The summed E-state index contributed by atoms with van der Waals surface area (Å²) in [6.45, 7) is 2.04. The lowest BCUT2D eigenvalue weighted by Gasteiger charge is -2.08. The van der Waals surface area contributed by atoms with Crippen molar-refractivity contribution in [1.82, 2.24) is 0 Å². The van der Waals surface area contributed by atoms with Gasteiger partial charge in [0.25, 0.3) is 0 Å². The molecule has 0 saturated heterocycles. The third-order valence-electron chi connectivity index (χ3n) is 2.60. The Balaban J connectivity index is 2.28. The number of nitrogen functional groups attached to an aromatic ring is 1. The molecule has 0 fully saturated rings. The largest absolute Gasteiger partial charge is 0.497 e. The molecule has 17 heavy (non-hydrogen) atoms. The van der Waals surface area contributed by atoms with Crippen LogP contribution in [-0.4, -0.2) is 7.11 Å². The maximum Gasteiger partial charge on any atom is 0.119 e. The van der Waals surface area contributed by atoms with E-state index in [9.17, 15) is 0 Å². The van der Waals surface area contributed by atoms with Gasteiger partial charge >= 0.3 is 0 Å². The average Bonchev–Trinajstić information content (AvgIpc) is 2.35. The lowest BCUT2D eigenvalue weighted by atomic mass is 10.2. The molecule has 2 nitrogen and oxygen atoms in total. The van der Waals surface area contributed by atoms with Gasteiger partial charge in [0.05, 0.1) is 7.11 Å². The van der Waals surface area contributed by atoms with E-state index in [-0.39, 0.29) is 0 Å². The number of hydrogen-bond acceptors (Lipinski definition) is 3. The Morgan fingerprint density at radius 1 is 1.12 bits per heavy atom. The Bertz CT molecular complexity index is 525. The van der Waals surface area contributed by atoms with Crippen LogP contribution in [0.1, 0.15) is 5.56 Å². The molecule has 0 spiro atoms. The van der Waals surface area contributed by atoms with E-state index >= 15 is 0 Å².